The van der Waals surface area contributed by atoms with Gasteiger partial charge < -0.3 is 9.88 Å². The quantitative estimate of drug-likeness (QED) is 0.778. The van der Waals surface area contributed by atoms with Crippen molar-refractivity contribution < 1.29 is 4.79 Å². The highest BCUT2D eigenvalue weighted by atomic mass is 16.2. The Labute approximate surface area is 190 Å². The number of rotatable bonds is 5. The van der Waals surface area contributed by atoms with Gasteiger partial charge in [-0.2, -0.15) is 0 Å². The monoisotopic (exact) mass is 434 g/mol. The van der Waals surface area contributed by atoms with Crippen LogP contribution in [0.5, 0.6) is 0 Å². The van der Waals surface area contributed by atoms with Crippen molar-refractivity contribution in [3.05, 3.63) is 63.3 Å². The molecule has 3 aliphatic rings. The number of aromatic amines is 1. The first-order chi connectivity index (χ1) is 15.7. The van der Waals surface area contributed by atoms with E-state index in [1.165, 1.54) is 31.2 Å². The first-order valence-corrected chi connectivity index (χ1v) is 12.4. The number of aromatic nitrogens is 2. The Morgan fingerprint density at radius 2 is 1.81 bits per heavy atom. The van der Waals surface area contributed by atoms with Crippen LogP contribution < -0.4 is 5.56 Å². The van der Waals surface area contributed by atoms with E-state index in [2.05, 4.69) is 22.0 Å². The molecule has 1 aliphatic carbocycles. The van der Waals surface area contributed by atoms with Crippen LogP contribution in [0.3, 0.4) is 0 Å². The summed E-state index contributed by atoms with van der Waals surface area (Å²) in [6.07, 6.45) is 10.1. The van der Waals surface area contributed by atoms with E-state index in [0.717, 1.165) is 63.0 Å². The molecule has 2 aliphatic heterocycles. The number of amides is 1. The maximum atomic E-state index is 13.2. The number of likely N-dealkylation sites (tertiary alicyclic amines) is 1. The lowest BCUT2D eigenvalue weighted by Crippen LogP contribution is -2.43. The molecule has 1 N–H and O–H groups in total. The molecule has 0 bridgehead atoms. The standard InChI is InChI=1S/C26H34N4O2/c31-24(14-13-19-8-2-1-3-9-19)30-16-7-6-12-23(30)25-27-22-18-29(20-10-4-5-11-20)17-15-21(22)26(32)28-25/h1-3,8-9,20,23H,4-7,10-18H2,(H,27,28,32). The highest BCUT2D eigenvalue weighted by molar-refractivity contribution is 5.77. The number of hydrogen-bond acceptors (Lipinski definition) is 4. The van der Waals surface area contributed by atoms with E-state index in [9.17, 15) is 9.59 Å². The molecule has 6 nitrogen and oxygen atoms in total. The zero-order valence-corrected chi connectivity index (χ0v) is 18.9. The molecule has 1 aromatic heterocycles. The van der Waals surface area contributed by atoms with Gasteiger partial charge in [0.2, 0.25) is 5.91 Å². The maximum Gasteiger partial charge on any atom is 0.254 e. The summed E-state index contributed by atoms with van der Waals surface area (Å²) >= 11 is 0. The zero-order chi connectivity index (χ0) is 21.9. The minimum atomic E-state index is -0.119. The highest BCUT2D eigenvalue weighted by Crippen LogP contribution is 2.31. The van der Waals surface area contributed by atoms with Crippen molar-refractivity contribution >= 4 is 5.91 Å². The number of nitrogens with zero attached hydrogens (tertiary/aromatic N) is 3. The first kappa shape index (κ1) is 21.4. The fourth-order valence-electron chi connectivity index (χ4n) is 5.77. The minimum absolute atomic E-state index is 0.00155. The third-order valence-electron chi connectivity index (χ3n) is 7.57. The molecular formula is C26H34N4O2. The van der Waals surface area contributed by atoms with Crippen LogP contribution in [-0.4, -0.2) is 44.8 Å². The molecule has 0 radical (unpaired) electrons. The van der Waals surface area contributed by atoms with Crippen LogP contribution in [0.1, 0.15) is 80.1 Å². The van der Waals surface area contributed by atoms with E-state index in [4.69, 9.17) is 4.98 Å². The van der Waals surface area contributed by atoms with E-state index in [1.807, 2.05) is 23.1 Å². The van der Waals surface area contributed by atoms with Gasteiger partial charge in [0.05, 0.1) is 11.7 Å². The summed E-state index contributed by atoms with van der Waals surface area (Å²) in [7, 11) is 0. The maximum absolute atomic E-state index is 13.2. The van der Waals surface area contributed by atoms with Crippen LogP contribution in [0, 0.1) is 0 Å². The van der Waals surface area contributed by atoms with E-state index in [0.29, 0.717) is 18.3 Å². The number of carbonyl (C=O) groups excluding carboxylic acids is 1. The van der Waals surface area contributed by atoms with Crippen molar-refractivity contribution in [3.63, 3.8) is 0 Å². The SMILES string of the molecule is O=C(CCc1ccccc1)N1CCCCC1c1nc2c(c(=O)[nH]1)CCN(C1CCCC1)C2. The second kappa shape index (κ2) is 9.57. The van der Waals surface area contributed by atoms with Crippen LogP contribution in [0.25, 0.3) is 0 Å². The number of hydrogen-bond donors (Lipinski definition) is 1. The number of carbonyl (C=O) groups is 1. The third-order valence-corrected chi connectivity index (χ3v) is 7.57. The average molecular weight is 435 g/mol. The number of H-pyrrole nitrogens is 1. The van der Waals surface area contributed by atoms with Gasteiger partial charge in [-0.1, -0.05) is 43.2 Å². The second-order valence-electron chi connectivity index (χ2n) is 9.62. The van der Waals surface area contributed by atoms with Gasteiger partial charge in [-0.3, -0.25) is 14.5 Å². The number of benzene rings is 1. The number of fused-ring (bicyclic) bond motifs is 1. The summed E-state index contributed by atoms with van der Waals surface area (Å²) in [6, 6.07) is 10.7. The molecule has 1 saturated carbocycles. The second-order valence-corrected chi connectivity index (χ2v) is 9.62. The lowest BCUT2D eigenvalue weighted by atomic mass is 9.98. The molecule has 1 saturated heterocycles. The zero-order valence-electron chi connectivity index (χ0n) is 18.9. The molecule has 32 heavy (non-hydrogen) atoms. The van der Waals surface area contributed by atoms with Crippen LogP contribution >= 0.6 is 0 Å². The summed E-state index contributed by atoms with van der Waals surface area (Å²) in [6.45, 7) is 2.47. The Morgan fingerprint density at radius 3 is 2.62 bits per heavy atom. The van der Waals surface area contributed by atoms with Crippen molar-refractivity contribution in [2.75, 3.05) is 13.1 Å². The molecule has 170 valence electrons. The van der Waals surface area contributed by atoms with Crippen molar-refractivity contribution in [1.82, 2.24) is 19.8 Å². The van der Waals surface area contributed by atoms with Gasteiger partial charge in [0.15, 0.2) is 0 Å². The molecule has 2 fully saturated rings. The van der Waals surface area contributed by atoms with Crippen molar-refractivity contribution in [2.45, 2.75) is 82.8 Å². The number of nitrogens with one attached hydrogen (secondary N) is 1. The van der Waals surface area contributed by atoms with E-state index in [-0.39, 0.29) is 17.5 Å². The van der Waals surface area contributed by atoms with E-state index in [1.54, 1.807) is 0 Å². The van der Waals surface area contributed by atoms with E-state index >= 15 is 0 Å². The smallest absolute Gasteiger partial charge is 0.254 e. The van der Waals surface area contributed by atoms with Gasteiger partial charge in [-0.25, -0.2) is 4.98 Å². The molecule has 1 aromatic carbocycles. The fourth-order valence-corrected chi connectivity index (χ4v) is 5.77. The number of aryl methyl sites for hydroxylation is 1. The van der Waals surface area contributed by atoms with Gasteiger partial charge in [0, 0.05) is 37.7 Å². The first-order valence-electron chi connectivity index (χ1n) is 12.4. The molecule has 0 spiro atoms. The third kappa shape index (κ3) is 4.51. The summed E-state index contributed by atoms with van der Waals surface area (Å²) in [5.41, 5.74) is 2.96. The Bertz CT molecular complexity index is 997. The average Bonchev–Trinajstić information content (AvgIpc) is 3.38. The molecular weight excluding hydrogens is 400 g/mol. The summed E-state index contributed by atoms with van der Waals surface area (Å²) in [4.78, 5) is 38.6. The summed E-state index contributed by atoms with van der Waals surface area (Å²) < 4.78 is 0. The topological polar surface area (TPSA) is 69.3 Å². The fraction of sp³-hybridized carbons (Fsp3) is 0.577. The summed E-state index contributed by atoms with van der Waals surface area (Å²) in [5, 5.41) is 0. The van der Waals surface area contributed by atoms with Gasteiger partial charge in [0.1, 0.15) is 5.82 Å². The lowest BCUT2D eigenvalue weighted by Gasteiger charge is -2.36. The summed E-state index contributed by atoms with van der Waals surface area (Å²) in [5.74, 6) is 0.848. The van der Waals surface area contributed by atoms with Gasteiger partial charge in [0.25, 0.3) is 5.56 Å². The largest absolute Gasteiger partial charge is 0.333 e. The van der Waals surface area contributed by atoms with Gasteiger partial charge in [-0.05, 0) is 50.5 Å². The van der Waals surface area contributed by atoms with Crippen molar-refractivity contribution in [2.24, 2.45) is 0 Å². The molecule has 3 heterocycles. The molecule has 6 heteroatoms. The molecule has 1 unspecified atom stereocenters. The van der Waals surface area contributed by atoms with E-state index < -0.39 is 0 Å². The van der Waals surface area contributed by atoms with Crippen LogP contribution in [0.2, 0.25) is 0 Å². The predicted molar refractivity (Wildman–Crippen MR) is 124 cm³/mol. The van der Waals surface area contributed by atoms with Crippen LogP contribution in [0.4, 0.5) is 0 Å². The molecule has 5 rings (SSSR count). The van der Waals surface area contributed by atoms with Crippen molar-refractivity contribution in [3.8, 4) is 0 Å². The van der Waals surface area contributed by atoms with Crippen LogP contribution in [0.15, 0.2) is 35.1 Å². The Hall–Kier alpha value is -2.47. The number of piperidine rings is 1. The van der Waals surface area contributed by atoms with Gasteiger partial charge in [-0.15, -0.1) is 0 Å². The Morgan fingerprint density at radius 1 is 1.03 bits per heavy atom. The lowest BCUT2D eigenvalue weighted by molar-refractivity contribution is -0.135. The van der Waals surface area contributed by atoms with Crippen molar-refractivity contribution in [1.29, 1.82) is 0 Å². The van der Waals surface area contributed by atoms with Gasteiger partial charge >= 0.3 is 0 Å². The Balaban J connectivity index is 1.34. The molecule has 1 amide bonds. The Kier molecular flexibility index (Phi) is 6.39. The predicted octanol–water partition coefficient (Wildman–Crippen LogP) is 3.76. The highest BCUT2D eigenvalue weighted by Gasteiger charge is 2.32. The minimum Gasteiger partial charge on any atom is -0.333 e. The molecule has 2 aromatic rings. The molecule has 1 atom stereocenters. The van der Waals surface area contributed by atoms with Crippen LogP contribution in [-0.2, 0) is 24.2 Å². The normalized spacial score (nSPS) is 22.1.